The first-order valence-corrected chi connectivity index (χ1v) is 15.5. The summed E-state index contributed by atoms with van der Waals surface area (Å²) in [6.45, 7) is 4.85. The average molecular weight is 553 g/mol. The van der Waals surface area contributed by atoms with Crippen LogP contribution in [-0.2, 0) is 21.2 Å². The lowest BCUT2D eigenvalue weighted by molar-refractivity contribution is -0.127. The average Bonchev–Trinajstić information content (AvgIpc) is 3.23. The first kappa shape index (κ1) is 27.0. The molecule has 0 radical (unpaired) electrons. The number of aryl methyl sites for hydroxylation is 1. The summed E-state index contributed by atoms with van der Waals surface area (Å²) < 4.78 is 28.3. The maximum absolute atomic E-state index is 12.6. The predicted octanol–water partition coefficient (Wildman–Crippen LogP) is 3.85. The zero-order valence-corrected chi connectivity index (χ0v) is 23.9. The Labute approximate surface area is 230 Å². The molecule has 2 aliphatic heterocycles. The number of thiocarbonyl (C=S) groups is 1. The second kappa shape index (κ2) is 10.5. The van der Waals surface area contributed by atoms with Gasteiger partial charge in [-0.3, -0.25) is 4.79 Å². The Kier molecular flexibility index (Phi) is 7.48. The van der Waals surface area contributed by atoms with Crippen molar-refractivity contribution in [3.05, 3.63) is 59.8 Å². The molecule has 2 aliphatic rings. The minimum Gasteiger partial charge on any atom is -0.389 e. The van der Waals surface area contributed by atoms with Gasteiger partial charge in [0.05, 0.1) is 6.26 Å². The molecule has 2 unspecified atom stereocenters. The standard InChI is InChI=1S/C29H36N4O3S2/c1-19-15-32(38(3,35)36)12-11-26(19)33-18-25(21-5-4-6-22(14-21)29(30)37)24-9-7-20(13-27(24)33)8-10-28(34)23-16-31(2)17-23/h4-7,9,13-14,18-19,23,26H,8,10-12,15-17H2,1-3H3,(H2,30,37). The number of carbonyl (C=O) groups excluding carboxylic acids is 1. The van der Waals surface area contributed by atoms with Gasteiger partial charge in [-0.2, -0.15) is 0 Å². The lowest BCUT2D eigenvalue weighted by Crippen LogP contribution is -2.47. The quantitative estimate of drug-likeness (QED) is 0.427. The number of hydrogen-bond acceptors (Lipinski definition) is 5. The number of benzene rings is 2. The first-order valence-electron chi connectivity index (χ1n) is 13.2. The summed E-state index contributed by atoms with van der Waals surface area (Å²) in [4.78, 5) is 15.2. The van der Waals surface area contributed by atoms with Gasteiger partial charge >= 0.3 is 0 Å². The molecule has 2 fully saturated rings. The molecule has 1 aromatic heterocycles. The molecule has 2 aromatic carbocycles. The van der Waals surface area contributed by atoms with Crippen LogP contribution in [0, 0.1) is 11.8 Å². The molecule has 0 saturated carbocycles. The normalized spacial score (nSPS) is 21.4. The molecule has 7 nitrogen and oxygen atoms in total. The molecule has 2 N–H and O–H groups in total. The van der Waals surface area contributed by atoms with Crippen LogP contribution in [0.25, 0.3) is 22.0 Å². The zero-order chi connectivity index (χ0) is 27.2. The molecule has 3 aromatic rings. The molecule has 38 heavy (non-hydrogen) atoms. The number of carbonyl (C=O) groups is 1. The largest absolute Gasteiger partial charge is 0.389 e. The number of fused-ring (bicyclic) bond motifs is 1. The van der Waals surface area contributed by atoms with E-state index in [0.29, 0.717) is 36.7 Å². The van der Waals surface area contributed by atoms with Crippen molar-refractivity contribution in [3.8, 4) is 11.1 Å². The Hall–Kier alpha value is -2.59. The highest BCUT2D eigenvalue weighted by Crippen LogP contribution is 2.38. The third kappa shape index (κ3) is 5.43. The summed E-state index contributed by atoms with van der Waals surface area (Å²) in [6, 6.07) is 14.6. The second-order valence-corrected chi connectivity index (χ2v) is 13.5. The molecule has 3 heterocycles. The minimum atomic E-state index is -3.22. The Bertz CT molecular complexity index is 1490. The summed E-state index contributed by atoms with van der Waals surface area (Å²) in [5.41, 5.74) is 11.1. The molecule has 2 saturated heterocycles. The number of rotatable bonds is 8. The molecule has 0 bridgehead atoms. The monoisotopic (exact) mass is 552 g/mol. The molecular formula is C29H36N4O3S2. The summed E-state index contributed by atoms with van der Waals surface area (Å²) in [7, 11) is -1.18. The van der Waals surface area contributed by atoms with Gasteiger partial charge in [0.1, 0.15) is 10.8 Å². The van der Waals surface area contributed by atoms with Crippen LogP contribution in [0.3, 0.4) is 0 Å². The summed E-state index contributed by atoms with van der Waals surface area (Å²) >= 11 is 5.22. The number of sulfonamides is 1. The van der Waals surface area contributed by atoms with Crippen molar-refractivity contribution in [2.24, 2.45) is 17.6 Å². The number of piperidine rings is 1. The smallest absolute Gasteiger partial charge is 0.211 e. The van der Waals surface area contributed by atoms with Crippen molar-refractivity contribution < 1.29 is 13.2 Å². The molecule has 202 valence electrons. The lowest BCUT2D eigenvalue weighted by atomic mass is 9.91. The molecule has 9 heteroatoms. The third-order valence-electron chi connectivity index (χ3n) is 8.19. The first-order chi connectivity index (χ1) is 18.0. The van der Waals surface area contributed by atoms with Crippen LogP contribution >= 0.6 is 12.2 Å². The van der Waals surface area contributed by atoms with Crippen LogP contribution in [0.2, 0.25) is 0 Å². The molecule has 0 aliphatic carbocycles. The van der Waals surface area contributed by atoms with Crippen molar-refractivity contribution in [2.75, 3.05) is 39.5 Å². The van der Waals surface area contributed by atoms with E-state index in [4.69, 9.17) is 18.0 Å². The van der Waals surface area contributed by atoms with Gasteiger partial charge < -0.3 is 15.2 Å². The maximum atomic E-state index is 12.6. The van der Waals surface area contributed by atoms with E-state index in [1.165, 1.54) is 6.26 Å². The van der Waals surface area contributed by atoms with E-state index < -0.39 is 10.0 Å². The van der Waals surface area contributed by atoms with Crippen LogP contribution < -0.4 is 5.73 Å². The van der Waals surface area contributed by atoms with Gasteiger partial charge in [-0.25, -0.2) is 12.7 Å². The predicted molar refractivity (Wildman–Crippen MR) is 157 cm³/mol. The maximum Gasteiger partial charge on any atom is 0.211 e. The van der Waals surface area contributed by atoms with E-state index in [1.807, 2.05) is 25.2 Å². The minimum absolute atomic E-state index is 0.144. The van der Waals surface area contributed by atoms with E-state index in [9.17, 15) is 13.2 Å². The van der Waals surface area contributed by atoms with Crippen LogP contribution in [0.5, 0.6) is 0 Å². The Morgan fingerprint density at radius 1 is 1.13 bits per heavy atom. The van der Waals surface area contributed by atoms with Gasteiger partial charge in [-0.05, 0) is 49.1 Å². The summed E-state index contributed by atoms with van der Waals surface area (Å²) in [6.07, 6.45) is 5.49. The van der Waals surface area contributed by atoms with Gasteiger partial charge in [-0.15, -0.1) is 0 Å². The van der Waals surface area contributed by atoms with Crippen molar-refractivity contribution >= 4 is 43.9 Å². The summed E-state index contributed by atoms with van der Waals surface area (Å²) in [5, 5.41) is 1.12. The van der Waals surface area contributed by atoms with Gasteiger partial charge in [0.15, 0.2) is 0 Å². The highest BCUT2D eigenvalue weighted by atomic mass is 32.2. The molecule has 5 rings (SSSR count). The molecule has 0 amide bonds. The number of nitrogens with two attached hydrogens (primary N) is 1. The van der Waals surface area contributed by atoms with Crippen LogP contribution in [-0.4, -0.2) is 72.4 Å². The number of Topliss-reactive ketones (excluding diaryl/α,β-unsaturated/α-hetero) is 1. The van der Waals surface area contributed by atoms with Gasteiger partial charge in [0.25, 0.3) is 0 Å². The fraction of sp³-hybridized carbons (Fsp3) is 0.448. The third-order valence-corrected chi connectivity index (χ3v) is 9.69. The Morgan fingerprint density at radius 2 is 1.89 bits per heavy atom. The van der Waals surface area contributed by atoms with Crippen LogP contribution in [0.15, 0.2) is 48.7 Å². The summed E-state index contributed by atoms with van der Waals surface area (Å²) in [5.74, 6) is 0.655. The topological polar surface area (TPSA) is 88.6 Å². The second-order valence-electron chi connectivity index (χ2n) is 11.1. The van der Waals surface area contributed by atoms with Gasteiger partial charge in [-0.1, -0.05) is 49.5 Å². The Morgan fingerprint density at radius 3 is 2.55 bits per heavy atom. The van der Waals surface area contributed by atoms with Crippen molar-refractivity contribution in [2.45, 2.75) is 32.2 Å². The van der Waals surface area contributed by atoms with Gasteiger partial charge in [0.2, 0.25) is 10.0 Å². The molecule has 0 spiro atoms. The van der Waals surface area contributed by atoms with E-state index in [0.717, 1.165) is 52.7 Å². The fourth-order valence-corrected chi connectivity index (χ4v) is 7.05. The van der Waals surface area contributed by atoms with Crippen molar-refractivity contribution in [3.63, 3.8) is 0 Å². The Balaban J connectivity index is 1.51. The van der Waals surface area contributed by atoms with E-state index in [2.05, 4.69) is 46.9 Å². The van der Waals surface area contributed by atoms with Gasteiger partial charge in [0, 0.05) is 72.8 Å². The molecular weight excluding hydrogens is 516 g/mol. The van der Waals surface area contributed by atoms with Crippen LogP contribution in [0.1, 0.15) is 36.9 Å². The van der Waals surface area contributed by atoms with Crippen LogP contribution in [0.4, 0.5) is 0 Å². The molecule has 2 atom stereocenters. The number of nitrogens with zero attached hydrogens (tertiary/aromatic N) is 3. The number of ketones is 1. The fourth-order valence-electron chi connectivity index (χ4n) is 5.98. The SMILES string of the molecule is CC1CN(S(C)(=O)=O)CCC1n1cc(-c2cccc(C(N)=S)c2)c2ccc(CCC(=O)C3CN(C)C3)cc21. The number of likely N-dealkylation sites (tertiary alicyclic amines) is 1. The zero-order valence-electron chi connectivity index (χ0n) is 22.3. The van der Waals surface area contributed by atoms with E-state index in [-0.39, 0.29) is 17.9 Å². The number of aromatic nitrogens is 1. The van der Waals surface area contributed by atoms with Crippen molar-refractivity contribution in [1.82, 2.24) is 13.8 Å². The van der Waals surface area contributed by atoms with E-state index in [1.54, 1.807) is 4.31 Å². The van der Waals surface area contributed by atoms with E-state index >= 15 is 0 Å². The lowest BCUT2D eigenvalue weighted by Gasteiger charge is -2.36. The highest BCUT2D eigenvalue weighted by Gasteiger charge is 2.33. The number of hydrogen-bond donors (Lipinski definition) is 1. The highest BCUT2D eigenvalue weighted by molar-refractivity contribution is 7.88. The van der Waals surface area contributed by atoms with Crippen molar-refractivity contribution in [1.29, 1.82) is 0 Å².